The molecule has 1 aromatic heterocycles. The quantitative estimate of drug-likeness (QED) is 0.181. The molecular formula is C25H28N6O3S. The first-order valence-electron chi connectivity index (χ1n) is 11.5. The van der Waals surface area contributed by atoms with Gasteiger partial charge < -0.3 is 10.6 Å². The molecule has 1 aliphatic heterocycles. The summed E-state index contributed by atoms with van der Waals surface area (Å²) in [5.41, 5.74) is 4.62. The summed E-state index contributed by atoms with van der Waals surface area (Å²) >= 11 is 1.57. The van der Waals surface area contributed by atoms with Crippen molar-refractivity contribution < 1.29 is 9.72 Å². The topological polar surface area (TPSA) is 115 Å². The third-order valence-corrected chi connectivity index (χ3v) is 7.00. The minimum Gasteiger partial charge on any atom is -0.328 e. The van der Waals surface area contributed by atoms with Gasteiger partial charge >= 0.3 is 0 Å². The number of nitro groups is 1. The lowest BCUT2D eigenvalue weighted by molar-refractivity contribution is -0.384. The average Bonchev–Trinajstić information content (AvgIpc) is 3.23. The third-order valence-electron chi connectivity index (χ3n) is 6.08. The molecule has 1 unspecified atom stereocenters. The number of anilines is 2. The number of thioether (sulfide) groups is 1. The average molecular weight is 493 g/mol. The number of non-ortho nitro benzene ring substituents is 1. The second-order valence-corrected chi connectivity index (χ2v) is 9.54. The van der Waals surface area contributed by atoms with Crippen molar-refractivity contribution in [3.8, 4) is 0 Å². The molecule has 2 heterocycles. The fraction of sp³-hybridized carbons (Fsp3) is 0.320. The molecule has 3 aromatic rings. The van der Waals surface area contributed by atoms with Crippen molar-refractivity contribution >= 4 is 35.0 Å². The van der Waals surface area contributed by atoms with Crippen molar-refractivity contribution in [2.75, 3.05) is 16.4 Å². The van der Waals surface area contributed by atoms with E-state index in [0.29, 0.717) is 27.9 Å². The summed E-state index contributed by atoms with van der Waals surface area (Å²) < 4.78 is 1.69. The van der Waals surface area contributed by atoms with E-state index in [1.54, 1.807) is 28.6 Å². The summed E-state index contributed by atoms with van der Waals surface area (Å²) in [7, 11) is 0. The number of fused-ring (bicyclic) bond motifs is 1. The van der Waals surface area contributed by atoms with Gasteiger partial charge in [0.15, 0.2) is 0 Å². The van der Waals surface area contributed by atoms with E-state index in [1.807, 2.05) is 39.0 Å². The van der Waals surface area contributed by atoms with E-state index in [-0.39, 0.29) is 11.6 Å². The van der Waals surface area contributed by atoms with Gasteiger partial charge in [0.2, 0.25) is 11.1 Å². The molecule has 4 rings (SSSR count). The van der Waals surface area contributed by atoms with Crippen molar-refractivity contribution in [3.63, 3.8) is 0 Å². The zero-order valence-corrected chi connectivity index (χ0v) is 21.0. The largest absolute Gasteiger partial charge is 0.328 e. The van der Waals surface area contributed by atoms with Crippen LogP contribution in [0.25, 0.3) is 0 Å². The first kappa shape index (κ1) is 24.5. The number of nitro benzene ring substituents is 1. The van der Waals surface area contributed by atoms with Crippen LogP contribution in [0.3, 0.4) is 0 Å². The molecule has 0 bridgehead atoms. The zero-order chi connectivity index (χ0) is 25.1. The molecular weight excluding hydrogens is 464 g/mol. The van der Waals surface area contributed by atoms with E-state index < -0.39 is 11.0 Å². The van der Waals surface area contributed by atoms with Crippen LogP contribution in [-0.2, 0) is 4.79 Å². The van der Waals surface area contributed by atoms with Gasteiger partial charge in [-0.2, -0.15) is 4.98 Å². The number of carbonyl (C=O) groups is 1. The molecule has 2 aromatic carbocycles. The SMILES string of the molecule is CCCCSc1nc2n(n1)C(c1ccc([N+](=O)[O-])cc1)C(C(=O)Nc1cccc(C)c1C)=C(C)N2. The summed E-state index contributed by atoms with van der Waals surface area (Å²) in [6.07, 6.45) is 2.13. The van der Waals surface area contributed by atoms with Crippen molar-refractivity contribution in [1.29, 1.82) is 0 Å². The number of aromatic nitrogens is 3. The van der Waals surface area contributed by atoms with Gasteiger partial charge in [-0.1, -0.05) is 37.2 Å². The normalized spacial score (nSPS) is 14.9. The maximum Gasteiger partial charge on any atom is 0.269 e. The standard InChI is InChI=1S/C25H28N6O3S/c1-5-6-14-35-25-28-24-26-17(4)21(23(32)27-20-9-7-8-15(2)16(20)3)22(30(24)29-25)18-10-12-19(13-11-18)31(33)34/h7-13,22H,5-6,14H2,1-4H3,(H,27,32)(H,26,28,29). The minimum absolute atomic E-state index is 0.0144. The van der Waals surface area contributed by atoms with Crippen molar-refractivity contribution in [3.05, 3.63) is 80.5 Å². The summed E-state index contributed by atoms with van der Waals surface area (Å²) in [4.78, 5) is 29.0. The Bertz CT molecular complexity index is 1300. The van der Waals surface area contributed by atoms with Crippen LogP contribution in [0, 0.1) is 24.0 Å². The Morgan fingerprint density at radius 2 is 1.94 bits per heavy atom. The number of aryl methyl sites for hydroxylation is 1. The van der Waals surface area contributed by atoms with Crippen molar-refractivity contribution in [1.82, 2.24) is 14.8 Å². The molecule has 182 valence electrons. The highest BCUT2D eigenvalue weighted by Crippen LogP contribution is 2.37. The molecule has 10 heteroatoms. The lowest BCUT2D eigenvalue weighted by Crippen LogP contribution is -2.31. The van der Waals surface area contributed by atoms with Gasteiger partial charge in [0, 0.05) is 29.3 Å². The Kier molecular flexibility index (Phi) is 7.20. The van der Waals surface area contributed by atoms with Gasteiger partial charge in [-0.15, -0.1) is 5.10 Å². The van der Waals surface area contributed by atoms with E-state index in [9.17, 15) is 14.9 Å². The van der Waals surface area contributed by atoms with Crippen LogP contribution >= 0.6 is 11.8 Å². The van der Waals surface area contributed by atoms with Crippen molar-refractivity contribution in [2.24, 2.45) is 0 Å². The lowest BCUT2D eigenvalue weighted by Gasteiger charge is -2.28. The number of nitrogens with one attached hydrogen (secondary N) is 2. The monoisotopic (exact) mass is 492 g/mol. The zero-order valence-electron chi connectivity index (χ0n) is 20.2. The number of hydrogen-bond donors (Lipinski definition) is 2. The van der Waals surface area contributed by atoms with Crippen molar-refractivity contribution in [2.45, 2.75) is 51.7 Å². The Labute approximate surface area is 208 Å². The highest BCUT2D eigenvalue weighted by molar-refractivity contribution is 7.99. The van der Waals surface area contributed by atoms with Crippen LogP contribution in [0.15, 0.2) is 58.9 Å². The number of unbranched alkanes of at least 4 members (excludes halogenated alkanes) is 1. The number of nitrogens with zero attached hydrogens (tertiary/aromatic N) is 4. The molecule has 0 spiro atoms. The van der Waals surface area contributed by atoms with Crippen LogP contribution in [0.4, 0.5) is 17.3 Å². The number of hydrogen-bond acceptors (Lipinski definition) is 7. The molecule has 0 aliphatic carbocycles. The molecule has 0 saturated heterocycles. The van der Waals surface area contributed by atoms with Crippen LogP contribution in [0.2, 0.25) is 0 Å². The third kappa shape index (κ3) is 5.07. The Hall–Kier alpha value is -3.66. The molecule has 35 heavy (non-hydrogen) atoms. The van der Waals surface area contributed by atoms with Gasteiger partial charge in [-0.05, 0) is 62.1 Å². The molecule has 1 aliphatic rings. The first-order valence-corrected chi connectivity index (χ1v) is 12.5. The molecule has 0 saturated carbocycles. The smallest absolute Gasteiger partial charge is 0.269 e. The maximum absolute atomic E-state index is 13.6. The molecule has 0 radical (unpaired) electrons. The van der Waals surface area contributed by atoms with Gasteiger partial charge in [0.25, 0.3) is 11.6 Å². The summed E-state index contributed by atoms with van der Waals surface area (Å²) in [6.45, 7) is 7.93. The lowest BCUT2D eigenvalue weighted by atomic mass is 9.94. The Morgan fingerprint density at radius 3 is 2.63 bits per heavy atom. The first-order chi connectivity index (χ1) is 16.8. The predicted molar refractivity (Wildman–Crippen MR) is 138 cm³/mol. The Balaban J connectivity index is 1.75. The van der Waals surface area contributed by atoms with E-state index in [0.717, 1.165) is 35.4 Å². The van der Waals surface area contributed by atoms with E-state index in [2.05, 4.69) is 22.5 Å². The minimum atomic E-state index is -0.592. The van der Waals surface area contributed by atoms with Crippen LogP contribution in [0.5, 0.6) is 0 Å². The van der Waals surface area contributed by atoms with Gasteiger partial charge in [0.05, 0.1) is 10.5 Å². The molecule has 1 amide bonds. The highest BCUT2D eigenvalue weighted by atomic mass is 32.2. The number of carbonyl (C=O) groups excluding carboxylic acids is 1. The molecule has 2 N–H and O–H groups in total. The fourth-order valence-corrected chi connectivity index (χ4v) is 4.87. The second-order valence-electron chi connectivity index (χ2n) is 8.48. The van der Waals surface area contributed by atoms with Gasteiger partial charge in [0.1, 0.15) is 6.04 Å². The molecule has 0 fully saturated rings. The summed E-state index contributed by atoms with van der Waals surface area (Å²) in [5, 5.41) is 22.8. The van der Waals surface area contributed by atoms with Gasteiger partial charge in [-0.25, -0.2) is 4.68 Å². The maximum atomic E-state index is 13.6. The molecule has 9 nitrogen and oxygen atoms in total. The van der Waals surface area contributed by atoms with Crippen LogP contribution < -0.4 is 10.6 Å². The summed E-state index contributed by atoms with van der Waals surface area (Å²) in [5.74, 6) is 1.16. The highest BCUT2D eigenvalue weighted by Gasteiger charge is 2.34. The molecule has 1 atom stereocenters. The number of amides is 1. The number of rotatable bonds is 8. The van der Waals surface area contributed by atoms with E-state index in [4.69, 9.17) is 5.10 Å². The number of allylic oxidation sites excluding steroid dienone is 1. The fourth-order valence-electron chi connectivity index (χ4n) is 3.96. The number of benzene rings is 2. The van der Waals surface area contributed by atoms with E-state index >= 15 is 0 Å². The Morgan fingerprint density at radius 1 is 1.20 bits per heavy atom. The van der Waals surface area contributed by atoms with E-state index in [1.165, 1.54) is 12.1 Å². The van der Waals surface area contributed by atoms with Gasteiger partial charge in [-0.3, -0.25) is 14.9 Å². The van der Waals surface area contributed by atoms with Crippen LogP contribution in [-0.4, -0.2) is 31.3 Å². The van der Waals surface area contributed by atoms with Crippen LogP contribution in [0.1, 0.15) is 49.4 Å². The summed E-state index contributed by atoms with van der Waals surface area (Å²) in [6, 6.07) is 11.4. The predicted octanol–water partition coefficient (Wildman–Crippen LogP) is 5.62. The second kappa shape index (κ2) is 10.3.